The van der Waals surface area contributed by atoms with Crippen LogP contribution in [-0.2, 0) is 4.79 Å². The van der Waals surface area contributed by atoms with Crippen LogP contribution in [0.4, 0.5) is 30.2 Å². The number of nitrogens with two attached hydrogens (primary N) is 1. The maximum Gasteiger partial charge on any atom is 0.321 e. The number of aromatic nitrogens is 3. The molecule has 4 amide bonds. The molecular weight excluding hydrogens is 586 g/mol. The van der Waals surface area contributed by atoms with E-state index in [1.54, 1.807) is 17.0 Å². The fraction of sp³-hybridized carbons (Fsp3) is 0.259. The number of hydrogen-bond donors (Lipinski definition) is 4. The van der Waals surface area contributed by atoms with Gasteiger partial charge in [0.1, 0.15) is 28.1 Å². The van der Waals surface area contributed by atoms with Crippen LogP contribution < -0.4 is 26.4 Å². The summed E-state index contributed by atoms with van der Waals surface area (Å²) in [4.78, 5) is 46.8. The summed E-state index contributed by atoms with van der Waals surface area (Å²) < 4.78 is 39.7. The van der Waals surface area contributed by atoms with Crippen molar-refractivity contribution in [3.63, 3.8) is 0 Å². The average molecular weight is 613 g/mol. The topological polar surface area (TPSA) is 178 Å². The Bertz CT molecular complexity index is 1680. The number of rotatable bonds is 10. The molecule has 0 spiro atoms. The first-order chi connectivity index (χ1) is 20.7. The summed E-state index contributed by atoms with van der Waals surface area (Å²) in [5, 5.41) is 11.6. The van der Waals surface area contributed by atoms with Crippen molar-refractivity contribution in [3.8, 4) is 27.9 Å². The highest BCUT2D eigenvalue weighted by molar-refractivity contribution is 7.19. The minimum Gasteiger partial charge on any atom is -0.497 e. The standard InChI is InChI=1S/C27H26F2N8O5S/c1-41-15-6-2-5-14(11-15)24(39)32-19-12-16(17(28)13-18(19)29)23-34-25(42-36-23)21-22(30)33-27(43-21)35-26(40)31-8-4-10-37-9-3-7-20(37)38/h2,5-6,11-13H,3-4,7-10,30H2,1H3,(H,32,39)(H2,31,33,35,40). The number of carbonyl (C=O) groups excluding carboxylic acids is 3. The Morgan fingerprint density at radius 1 is 1.16 bits per heavy atom. The van der Waals surface area contributed by atoms with Gasteiger partial charge in [0.05, 0.1) is 18.4 Å². The Kier molecular flexibility index (Phi) is 8.75. The lowest BCUT2D eigenvalue weighted by Gasteiger charge is -2.15. The second-order valence-electron chi connectivity index (χ2n) is 9.37. The summed E-state index contributed by atoms with van der Waals surface area (Å²) in [5.74, 6) is -2.46. The largest absolute Gasteiger partial charge is 0.497 e. The summed E-state index contributed by atoms with van der Waals surface area (Å²) >= 11 is 0.950. The lowest BCUT2D eigenvalue weighted by Crippen LogP contribution is -2.32. The van der Waals surface area contributed by atoms with Crippen molar-refractivity contribution >= 4 is 45.8 Å². The lowest BCUT2D eigenvalue weighted by atomic mass is 10.1. The van der Waals surface area contributed by atoms with E-state index in [4.69, 9.17) is 15.0 Å². The maximum atomic E-state index is 14.7. The fourth-order valence-corrected chi connectivity index (χ4v) is 5.09. The fourth-order valence-electron chi connectivity index (χ4n) is 4.29. The molecule has 1 aliphatic rings. The van der Waals surface area contributed by atoms with Crippen LogP contribution in [0.5, 0.6) is 5.75 Å². The van der Waals surface area contributed by atoms with Gasteiger partial charge in [-0.2, -0.15) is 4.98 Å². The molecule has 0 radical (unpaired) electrons. The zero-order valence-corrected chi connectivity index (χ0v) is 23.6. The summed E-state index contributed by atoms with van der Waals surface area (Å²) in [6.45, 7) is 1.65. The zero-order valence-electron chi connectivity index (χ0n) is 22.8. The number of hydrogen-bond acceptors (Lipinski definition) is 10. The van der Waals surface area contributed by atoms with Crippen LogP contribution in [0.3, 0.4) is 0 Å². The molecule has 4 aromatic rings. The van der Waals surface area contributed by atoms with E-state index in [1.807, 2.05) is 0 Å². The van der Waals surface area contributed by atoms with Gasteiger partial charge >= 0.3 is 6.03 Å². The first-order valence-electron chi connectivity index (χ1n) is 13.1. The molecule has 224 valence electrons. The Morgan fingerprint density at radius 2 is 2.00 bits per heavy atom. The summed E-state index contributed by atoms with van der Waals surface area (Å²) in [6.07, 6.45) is 2.01. The molecule has 0 saturated carbocycles. The Labute approximate surface area is 247 Å². The Hall–Kier alpha value is -5.12. The van der Waals surface area contributed by atoms with Gasteiger partial charge in [-0.1, -0.05) is 22.6 Å². The first kappa shape index (κ1) is 29.4. The highest BCUT2D eigenvalue weighted by Gasteiger charge is 2.23. The number of anilines is 3. The molecule has 2 aromatic carbocycles. The van der Waals surface area contributed by atoms with Gasteiger partial charge in [-0.05, 0) is 37.1 Å². The number of carbonyl (C=O) groups is 3. The van der Waals surface area contributed by atoms with E-state index in [2.05, 4.69) is 31.1 Å². The molecule has 5 rings (SSSR count). The molecule has 0 aliphatic carbocycles. The first-order valence-corrected chi connectivity index (χ1v) is 13.9. The van der Waals surface area contributed by atoms with Gasteiger partial charge in [0.2, 0.25) is 11.7 Å². The van der Waals surface area contributed by atoms with Gasteiger partial charge in [-0.3, -0.25) is 14.9 Å². The average Bonchev–Trinajstić information content (AvgIpc) is 3.72. The summed E-state index contributed by atoms with van der Waals surface area (Å²) in [6, 6.07) is 7.34. The normalized spacial score (nSPS) is 12.8. The van der Waals surface area contributed by atoms with Crippen LogP contribution in [0.25, 0.3) is 22.2 Å². The van der Waals surface area contributed by atoms with Crippen molar-refractivity contribution in [1.82, 2.24) is 25.3 Å². The van der Waals surface area contributed by atoms with Gasteiger partial charge in [-0.25, -0.2) is 18.6 Å². The Morgan fingerprint density at radius 3 is 2.77 bits per heavy atom. The third-order valence-corrected chi connectivity index (χ3v) is 7.41. The molecule has 2 aromatic heterocycles. The van der Waals surface area contributed by atoms with E-state index >= 15 is 0 Å². The number of nitrogens with zero attached hydrogens (tertiary/aromatic N) is 4. The van der Waals surface area contributed by atoms with Gasteiger partial charge in [0.15, 0.2) is 5.13 Å². The van der Waals surface area contributed by atoms with E-state index in [-0.39, 0.29) is 50.3 Å². The molecule has 43 heavy (non-hydrogen) atoms. The maximum absolute atomic E-state index is 14.7. The molecule has 1 fully saturated rings. The molecule has 1 saturated heterocycles. The van der Waals surface area contributed by atoms with E-state index in [1.165, 1.54) is 19.2 Å². The van der Waals surface area contributed by atoms with Crippen LogP contribution >= 0.6 is 11.3 Å². The number of benzene rings is 2. The molecule has 3 heterocycles. The molecule has 13 nitrogen and oxygen atoms in total. The number of ether oxygens (including phenoxy) is 1. The molecule has 0 atom stereocenters. The van der Waals surface area contributed by atoms with Crippen LogP contribution in [0.2, 0.25) is 0 Å². The van der Waals surface area contributed by atoms with E-state index in [0.717, 1.165) is 30.4 Å². The quantitative estimate of drug-likeness (QED) is 0.192. The van der Waals surface area contributed by atoms with Crippen molar-refractivity contribution < 1.29 is 32.4 Å². The van der Waals surface area contributed by atoms with Crippen molar-refractivity contribution in [2.45, 2.75) is 19.3 Å². The Balaban J connectivity index is 1.24. The van der Waals surface area contributed by atoms with Crippen LogP contribution in [0.15, 0.2) is 40.9 Å². The van der Waals surface area contributed by atoms with Gasteiger partial charge in [0, 0.05) is 37.7 Å². The minimum absolute atomic E-state index is 0.0196. The van der Waals surface area contributed by atoms with Crippen LogP contribution in [0, 0.1) is 11.6 Å². The highest BCUT2D eigenvalue weighted by atomic mass is 32.1. The number of methoxy groups -OCH3 is 1. The summed E-state index contributed by atoms with van der Waals surface area (Å²) in [5.41, 5.74) is 5.64. The lowest BCUT2D eigenvalue weighted by molar-refractivity contribution is -0.127. The van der Waals surface area contributed by atoms with Crippen molar-refractivity contribution in [2.24, 2.45) is 0 Å². The number of amides is 4. The number of nitrogens with one attached hydrogen (secondary N) is 3. The molecule has 16 heteroatoms. The second kappa shape index (κ2) is 12.8. The molecule has 0 bridgehead atoms. The summed E-state index contributed by atoms with van der Waals surface area (Å²) in [7, 11) is 1.44. The van der Waals surface area contributed by atoms with Crippen LogP contribution in [0.1, 0.15) is 29.6 Å². The molecule has 5 N–H and O–H groups in total. The van der Waals surface area contributed by atoms with Gasteiger partial charge < -0.3 is 30.5 Å². The second-order valence-corrected chi connectivity index (χ2v) is 10.4. The highest BCUT2D eigenvalue weighted by Crippen LogP contribution is 2.36. The number of likely N-dealkylation sites (tertiary alicyclic amines) is 1. The SMILES string of the molecule is COc1cccc(C(=O)Nc2cc(-c3noc(-c4sc(NC(=O)NCCCN5CCCC5=O)nc4N)n3)c(F)cc2F)c1. The molecule has 0 unspecified atom stereocenters. The predicted molar refractivity (Wildman–Crippen MR) is 154 cm³/mol. The minimum atomic E-state index is -1.01. The molecular formula is C27H26F2N8O5S. The zero-order chi connectivity index (χ0) is 30.5. The predicted octanol–water partition coefficient (Wildman–Crippen LogP) is 4.12. The van der Waals surface area contributed by atoms with Gasteiger partial charge in [0.25, 0.3) is 11.8 Å². The van der Waals surface area contributed by atoms with E-state index < -0.39 is 23.6 Å². The van der Waals surface area contributed by atoms with Crippen molar-refractivity contribution in [2.75, 3.05) is 43.1 Å². The van der Waals surface area contributed by atoms with Crippen molar-refractivity contribution in [1.29, 1.82) is 0 Å². The third-order valence-electron chi connectivity index (χ3n) is 6.43. The number of urea groups is 1. The number of thiazole rings is 1. The monoisotopic (exact) mass is 612 g/mol. The third kappa shape index (κ3) is 6.86. The van der Waals surface area contributed by atoms with E-state index in [9.17, 15) is 23.2 Å². The van der Waals surface area contributed by atoms with Gasteiger partial charge in [-0.15, -0.1) is 0 Å². The van der Waals surface area contributed by atoms with Crippen LogP contribution in [-0.4, -0.2) is 64.6 Å². The number of nitrogen functional groups attached to an aromatic ring is 1. The van der Waals surface area contributed by atoms with E-state index in [0.29, 0.717) is 37.7 Å². The van der Waals surface area contributed by atoms with Crippen molar-refractivity contribution in [3.05, 3.63) is 53.6 Å². The molecule has 1 aliphatic heterocycles. The smallest absolute Gasteiger partial charge is 0.321 e. The number of halogens is 2.